The van der Waals surface area contributed by atoms with Gasteiger partial charge in [0.1, 0.15) is 11.6 Å². The van der Waals surface area contributed by atoms with E-state index in [4.69, 9.17) is 10.5 Å². The van der Waals surface area contributed by atoms with Crippen molar-refractivity contribution < 1.29 is 17.9 Å². The lowest BCUT2D eigenvalue weighted by atomic mass is 10.2. The molecule has 0 radical (unpaired) electrons. The summed E-state index contributed by atoms with van der Waals surface area (Å²) in [6.45, 7) is 0. The maximum absolute atomic E-state index is 12.6. The zero-order chi connectivity index (χ0) is 21.3. The number of nitrogens with one attached hydrogen (secondary N) is 2. The molecule has 0 saturated carbocycles. The van der Waals surface area contributed by atoms with E-state index in [2.05, 4.69) is 30.6 Å². The maximum Gasteiger partial charge on any atom is 0.409 e. The Hall–Kier alpha value is -3.37. The molecule has 10 heteroatoms. The van der Waals surface area contributed by atoms with Crippen molar-refractivity contribution in [3.8, 4) is 17.1 Å². The molecular formula is C20H15BrN4O4S. The summed E-state index contributed by atoms with van der Waals surface area (Å²) in [7, 11) is -3.72. The van der Waals surface area contributed by atoms with Crippen molar-refractivity contribution in [2.75, 3.05) is 4.72 Å². The van der Waals surface area contributed by atoms with E-state index in [1.807, 2.05) is 0 Å². The van der Waals surface area contributed by atoms with Gasteiger partial charge < -0.3 is 15.5 Å². The molecule has 1 heterocycles. The molecule has 8 nitrogen and oxygen atoms in total. The van der Waals surface area contributed by atoms with Crippen LogP contribution in [0.15, 0.2) is 76.1 Å². The van der Waals surface area contributed by atoms with Crippen LogP contribution in [0.1, 0.15) is 0 Å². The van der Waals surface area contributed by atoms with Crippen molar-refractivity contribution >= 4 is 48.8 Å². The Bertz CT molecular complexity index is 1330. The number of aromatic amines is 1. The zero-order valence-electron chi connectivity index (χ0n) is 15.3. The minimum Gasteiger partial charge on any atom is -0.410 e. The number of sulfonamides is 1. The molecular weight excluding hydrogens is 472 g/mol. The molecule has 0 aliphatic rings. The first-order valence-corrected chi connectivity index (χ1v) is 10.9. The Labute approximate surface area is 180 Å². The van der Waals surface area contributed by atoms with Crippen molar-refractivity contribution in [2.45, 2.75) is 4.90 Å². The number of ether oxygens (including phenoxy) is 1. The average Bonchev–Trinajstić information content (AvgIpc) is 3.13. The van der Waals surface area contributed by atoms with E-state index >= 15 is 0 Å². The number of amides is 1. The van der Waals surface area contributed by atoms with Crippen LogP contribution in [0.25, 0.3) is 22.4 Å². The van der Waals surface area contributed by atoms with Gasteiger partial charge in [-0.15, -0.1) is 0 Å². The van der Waals surface area contributed by atoms with Gasteiger partial charge in [-0.1, -0.05) is 15.9 Å². The molecule has 4 N–H and O–H groups in total. The molecule has 0 saturated heterocycles. The number of imidazole rings is 1. The molecule has 3 aromatic carbocycles. The summed E-state index contributed by atoms with van der Waals surface area (Å²) in [6.07, 6.45) is -0.904. The van der Waals surface area contributed by atoms with Crippen molar-refractivity contribution in [3.05, 3.63) is 71.2 Å². The van der Waals surface area contributed by atoms with Crippen LogP contribution in [0.2, 0.25) is 0 Å². The second-order valence-corrected chi connectivity index (χ2v) is 8.92. The normalized spacial score (nSPS) is 11.4. The number of primary amides is 1. The summed E-state index contributed by atoms with van der Waals surface area (Å²) in [5.41, 5.74) is 7.50. The maximum atomic E-state index is 12.6. The fourth-order valence-corrected chi connectivity index (χ4v) is 4.15. The van der Waals surface area contributed by atoms with Gasteiger partial charge in [-0.05, 0) is 60.7 Å². The monoisotopic (exact) mass is 486 g/mol. The highest BCUT2D eigenvalue weighted by Gasteiger charge is 2.15. The second kappa shape index (κ2) is 7.81. The first-order chi connectivity index (χ1) is 14.3. The van der Waals surface area contributed by atoms with Crippen molar-refractivity contribution in [1.82, 2.24) is 9.97 Å². The average molecular weight is 487 g/mol. The van der Waals surface area contributed by atoms with Gasteiger partial charge in [-0.2, -0.15) is 0 Å². The standard InChI is InChI=1S/C20H15BrN4O4S/c21-13-3-5-14(6-4-13)25-30(27,28)16-8-1-12(2-9-16)19-23-17-10-7-15(29-20(22)26)11-18(17)24-19/h1-11,25H,(H2,22,26)(H,23,24). The molecule has 30 heavy (non-hydrogen) atoms. The van der Waals surface area contributed by atoms with E-state index in [0.717, 1.165) is 9.99 Å². The minimum atomic E-state index is -3.72. The van der Waals surface area contributed by atoms with Gasteiger partial charge in [0.2, 0.25) is 0 Å². The van der Waals surface area contributed by atoms with Crippen molar-refractivity contribution in [2.24, 2.45) is 5.73 Å². The van der Waals surface area contributed by atoms with E-state index in [1.165, 1.54) is 12.1 Å². The summed E-state index contributed by atoms with van der Waals surface area (Å²) in [6, 6.07) is 18.1. The third kappa shape index (κ3) is 4.29. The van der Waals surface area contributed by atoms with Crippen LogP contribution in [0.3, 0.4) is 0 Å². The number of nitrogens with two attached hydrogens (primary N) is 1. The predicted molar refractivity (Wildman–Crippen MR) is 117 cm³/mol. The molecule has 152 valence electrons. The summed E-state index contributed by atoms with van der Waals surface area (Å²) in [5, 5.41) is 0. The number of aromatic nitrogens is 2. The van der Waals surface area contributed by atoms with Gasteiger partial charge >= 0.3 is 6.09 Å². The molecule has 0 bridgehead atoms. The Morgan fingerprint density at radius 2 is 1.73 bits per heavy atom. The molecule has 0 aliphatic carbocycles. The third-order valence-electron chi connectivity index (χ3n) is 4.21. The van der Waals surface area contributed by atoms with Crippen LogP contribution < -0.4 is 15.2 Å². The zero-order valence-corrected chi connectivity index (χ0v) is 17.7. The molecule has 0 atom stereocenters. The number of hydrogen-bond acceptors (Lipinski definition) is 5. The Balaban J connectivity index is 1.58. The number of H-pyrrole nitrogens is 1. The largest absolute Gasteiger partial charge is 0.410 e. The predicted octanol–water partition coefficient (Wildman–Crippen LogP) is 4.25. The van der Waals surface area contributed by atoms with Crippen molar-refractivity contribution in [1.29, 1.82) is 0 Å². The molecule has 4 aromatic rings. The van der Waals surface area contributed by atoms with Gasteiger partial charge in [-0.25, -0.2) is 18.2 Å². The fraction of sp³-hybridized carbons (Fsp3) is 0. The number of nitrogens with zero attached hydrogens (tertiary/aromatic N) is 1. The van der Waals surface area contributed by atoms with Crippen LogP contribution in [-0.2, 0) is 10.0 Å². The molecule has 1 amide bonds. The number of hydrogen-bond donors (Lipinski definition) is 3. The van der Waals surface area contributed by atoms with E-state index < -0.39 is 16.1 Å². The number of anilines is 1. The van der Waals surface area contributed by atoms with Crippen LogP contribution in [-0.4, -0.2) is 24.5 Å². The summed E-state index contributed by atoms with van der Waals surface area (Å²) < 4.78 is 33.5. The fourth-order valence-electron chi connectivity index (χ4n) is 2.83. The Morgan fingerprint density at radius 1 is 1.03 bits per heavy atom. The van der Waals surface area contributed by atoms with Gasteiger partial charge in [-0.3, -0.25) is 4.72 Å². The highest BCUT2D eigenvalue weighted by Crippen LogP contribution is 2.25. The summed E-state index contributed by atoms with van der Waals surface area (Å²) in [4.78, 5) is 18.6. The smallest absolute Gasteiger partial charge is 0.409 e. The van der Waals surface area contributed by atoms with Crippen LogP contribution in [0.4, 0.5) is 10.5 Å². The van der Waals surface area contributed by atoms with Gasteiger partial charge in [0.05, 0.1) is 15.9 Å². The minimum absolute atomic E-state index is 0.127. The topological polar surface area (TPSA) is 127 Å². The van der Waals surface area contributed by atoms with Crippen LogP contribution in [0.5, 0.6) is 5.75 Å². The number of fused-ring (bicyclic) bond motifs is 1. The quantitative estimate of drug-likeness (QED) is 0.388. The van der Waals surface area contributed by atoms with E-state index in [9.17, 15) is 13.2 Å². The van der Waals surface area contributed by atoms with E-state index in [1.54, 1.807) is 54.6 Å². The Kier molecular flexibility index (Phi) is 5.18. The van der Waals surface area contributed by atoms with E-state index in [-0.39, 0.29) is 10.6 Å². The van der Waals surface area contributed by atoms with Gasteiger partial charge in [0.25, 0.3) is 10.0 Å². The van der Waals surface area contributed by atoms with Gasteiger partial charge in [0.15, 0.2) is 0 Å². The number of halogens is 1. The molecule has 0 fully saturated rings. The molecule has 0 unspecified atom stereocenters. The highest BCUT2D eigenvalue weighted by atomic mass is 79.9. The molecule has 1 aromatic heterocycles. The highest BCUT2D eigenvalue weighted by molar-refractivity contribution is 9.10. The first kappa shape index (κ1) is 19.9. The lowest BCUT2D eigenvalue weighted by Crippen LogP contribution is -2.16. The third-order valence-corrected chi connectivity index (χ3v) is 6.13. The van der Waals surface area contributed by atoms with Crippen molar-refractivity contribution in [3.63, 3.8) is 0 Å². The van der Waals surface area contributed by atoms with Crippen LogP contribution in [0, 0.1) is 0 Å². The summed E-state index contributed by atoms with van der Waals surface area (Å²) >= 11 is 3.31. The summed E-state index contributed by atoms with van der Waals surface area (Å²) in [5.74, 6) is 0.833. The second-order valence-electron chi connectivity index (χ2n) is 6.32. The first-order valence-electron chi connectivity index (χ1n) is 8.66. The number of carbonyl (C=O) groups excluding carboxylic acids is 1. The molecule has 4 rings (SSSR count). The number of benzene rings is 3. The van der Waals surface area contributed by atoms with E-state index in [0.29, 0.717) is 22.6 Å². The molecule has 0 aliphatic heterocycles. The lowest BCUT2D eigenvalue weighted by Gasteiger charge is -2.08. The van der Waals surface area contributed by atoms with Crippen LogP contribution >= 0.6 is 15.9 Å². The SMILES string of the molecule is NC(=O)Oc1ccc2[nH]c(-c3ccc(S(=O)(=O)Nc4ccc(Br)cc4)cc3)nc2c1. The Morgan fingerprint density at radius 3 is 2.40 bits per heavy atom. The number of carbonyl (C=O) groups is 1. The molecule has 0 spiro atoms. The number of rotatable bonds is 5. The van der Waals surface area contributed by atoms with Gasteiger partial charge in [0, 0.05) is 21.8 Å². The lowest BCUT2D eigenvalue weighted by molar-refractivity contribution is 0.211.